The van der Waals surface area contributed by atoms with E-state index in [2.05, 4.69) is 78.8 Å². The molecule has 0 bridgehead atoms. The van der Waals surface area contributed by atoms with Gasteiger partial charge in [0.1, 0.15) is 0 Å². The van der Waals surface area contributed by atoms with Crippen LogP contribution in [-0.4, -0.2) is 31.4 Å². The quantitative estimate of drug-likeness (QED) is 0.638. The van der Waals surface area contributed by atoms with Crippen LogP contribution in [0.5, 0.6) is 0 Å². The first-order valence-electron chi connectivity index (χ1n) is 11.3. The summed E-state index contributed by atoms with van der Waals surface area (Å²) in [5.74, 6) is 2.29. The van der Waals surface area contributed by atoms with Crippen molar-refractivity contribution in [1.82, 2.24) is 0 Å². The van der Waals surface area contributed by atoms with Crippen LogP contribution in [0.1, 0.15) is 54.9 Å². The Hall–Kier alpha value is -1.66. The monoisotopic (exact) mass is 436 g/mol. The zero-order valence-corrected chi connectivity index (χ0v) is 21.1. The molecule has 1 heterocycles. The lowest BCUT2D eigenvalue weighted by Crippen LogP contribution is -2.65. The van der Waals surface area contributed by atoms with E-state index in [-0.39, 0.29) is 29.3 Å². The van der Waals surface area contributed by atoms with Crippen LogP contribution in [0.2, 0.25) is 5.04 Å². The molecular weight excluding hydrogens is 399 g/mol. The van der Waals surface area contributed by atoms with E-state index in [1.54, 1.807) is 0 Å². The highest BCUT2D eigenvalue weighted by atomic mass is 28.4. The van der Waals surface area contributed by atoms with E-state index in [9.17, 15) is 4.80 Å². The largest absolute Gasteiger partial charge is 0.486 e. The van der Waals surface area contributed by atoms with Gasteiger partial charge in [-0.1, -0.05) is 93.5 Å². The summed E-state index contributed by atoms with van der Waals surface area (Å²) in [6.45, 7) is 14.9. The summed E-state index contributed by atoms with van der Waals surface area (Å²) in [6.07, 6.45) is 3.03. The third-order valence-electron chi connectivity index (χ3n) is 7.06. The van der Waals surface area contributed by atoms with E-state index < -0.39 is 8.32 Å². The first-order valence-corrected chi connectivity index (χ1v) is 13.2. The molecule has 0 radical (unpaired) electrons. The standard InChI is InChI=1S/C26H37BO3Si/c1-21(18-19-27-29-25(4,5)26(6,7)30-27)20-24(2,3)31(28,22-14-10-8-11-15-22)23-16-12-9-13-17-23/h8-19,21,28H,20H2,1-7H3/b19-18+/t21-/m1/s1. The summed E-state index contributed by atoms with van der Waals surface area (Å²) in [4.78, 5) is 12.3. The van der Waals surface area contributed by atoms with Crippen molar-refractivity contribution >= 4 is 25.8 Å². The second-order valence-electron chi connectivity index (χ2n) is 10.5. The topological polar surface area (TPSA) is 38.7 Å². The number of benzene rings is 2. The highest BCUT2D eigenvalue weighted by Crippen LogP contribution is 2.42. The summed E-state index contributed by atoms with van der Waals surface area (Å²) in [6, 6.07) is 20.4. The van der Waals surface area contributed by atoms with Gasteiger partial charge in [-0.25, -0.2) is 0 Å². The van der Waals surface area contributed by atoms with Crippen molar-refractivity contribution in [3.05, 3.63) is 72.7 Å². The molecule has 0 unspecified atom stereocenters. The molecule has 0 aliphatic carbocycles. The molecule has 3 rings (SSSR count). The second kappa shape index (κ2) is 8.70. The third kappa shape index (κ3) is 4.75. The van der Waals surface area contributed by atoms with Gasteiger partial charge in [-0.05, 0) is 55.4 Å². The zero-order valence-electron chi connectivity index (χ0n) is 20.1. The predicted molar refractivity (Wildman–Crippen MR) is 133 cm³/mol. The van der Waals surface area contributed by atoms with Gasteiger partial charge in [-0.3, -0.25) is 0 Å². The Labute approximate surface area is 189 Å². The maximum atomic E-state index is 12.3. The van der Waals surface area contributed by atoms with Gasteiger partial charge in [0.15, 0.2) is 0 Å². The van der Waals surface area contributed by atoms with E-state index in [1.807, 2.05) is 42.4 Å². The fourth-order valence-electron chi connectivity index (χ4n) is 4.58. The normalized spacial score (nSPS) is 19.7. The minimum Gasteiger partial charge on any atom is -0.424 e. The Morgan fingerprint density at radius 1 is 0.903 bits per heavy atom. The predicted octanol–water partition coefficient (Wildman–Crippen LogP) is 4.73. The van der Waals surface area contributed by atoms with Crippen molar-refractivity contribution in [2.24, 2.45) is 5.92 Å². The second-order valence-corrected chi connectivity index (χ2v) is 14.4. The van der Waals surface area contributed by atoms with E-state index in [4.69, 9.17) is 9.31 Å². The van der Waals surface area contributed by atoms with Gasteiger partial charge in [0.25, 0.3) is 8.32 Å². The summed E-state index contributed by atoms with van der Waals surface area (Å²) in [7, 11) is -3.33. The smallest absolute Gasteiger partial charge is 0.424 e. The van der Waals surface area contributed by atoms with Crippen molar-refractivity contribution in [3.8, 4) is 0 Å². The summed E-state index contributed by atoms with van der Waals surface area (Å²) in [5, 5.41) is 1.82. The van der Waals surface area contributed by atoms with Crippen molar-refractivity contribution in [2.45, 2.75) is 71.1 Å². The molecule has 0 spiro atoms. The van der Waals surface area contributed by atoms with Gasteiger partial charge >= 0.3 is 7.12 Å². The molecule has 1 N–H and O–H groups in total. The minimum atomic E-state index is -2.99. The minimum absolute atomic E-state index is 0.264. The van der Waals surface area contributed by atoms with Crippen LogP contribution >= 0.6 is 0 Å². The molecule has 3 nitrogen and oxygen atoms in total. The number of rotatable bonds is 7. The number of hydrogen-bond donors (Lipinski definition) is 1. The first-order chi connectivity index (χ1) is 14.4. The van der Waals surface area contributed by atoms with Crippen molar-refractivity contribution in [3.63, 3.8) is 0 Å². The van der Waals surface area contributed by atoms with Crippen molar-refractivity contribution in [1.29, 1.82) is 0 Å². The summed E-state index contributed by atoms with van der Waals surface area (Å²) < 4.78 is 12.2. The molecule has 1 saturated heterocycles. The molecule has 2 aromatic rings. The van der Waals surface area contributed by atoms with Crippen LogP contribution in [0.15, 0.2) is 72.7 Å². The van der Waals surface area contributed by atoms with Gasteiger partial charge in [0, 0.05) is 0 Å². The molecule has 0 aromatic heterocycles. The van der Waals surface area contributed by atoms with Gasteiger partial charge in [0.05, 0.1) is 11.2 Å². The van der Waals surface area contributed by atoms with E-state index in [0.717, 1.165) is 16.8 Å². The molecule has 5 heteroatoms. The number of allylic oxidation sites excluding steroid dienone is 1. The Morgan fingerprint density at radius 2 is 1.32 bits per heavy atom. The summed E-state index contributed by atoms with van der Waals surface area (Å²) >= 11 is 0. The Balaban J connectivity index is 1.83. The van der Waals surface area contributed by atoms with Gasteiger partial charge in [-0.2, -0.15) is 0 Å². The lowest BCUT2D eigenvalue weighted by atomic mass is 9.86. The van der Waals surface area contributed by atoms with Crippen LogP contribution in [0.4, 0.5) is 0 Å². The zero-order chi connectivity index (χ0) is 22.9. The van der Waals surface area contributed by atoms with Crippen LogP contribution in [0, 0.1) is 5.92 Å². The lowest BCUT2D eigenvalue weighted by molar-refractivity contribution is 0.00578. The average Bonchev–Trinajstić information content (AvgIpc) is 2.93. The van der Waals surface area contributed by atoms with Crippen molar-refractivity contribution in [2.75, 3.05) is 0 Å². The average molecular weight is 436 g/mol. The molecule has 1 aliphatic heterocycles. The molecule has 0 amide bonds. The molecular formula is C26H37BO3Si. The van der Waals surface area contributed by atoms with E-state index in [0.29, 0.717) is 0 Å². The highest BCUT2D eigenvalue weighted by Gasteiger charge is 2.51. The first kappa shape index (κ1) is 24.0. The molecule has 1 aliphatic rings. The maximum absolute atomic E-state index is 12.3. The maximum Gasteiger partial charge on any atom is 0.486 e. The fourth-order valence-corrected chi connectivity index (χ4v) is 8.44. The van der Waals surface area contributed by atoms with E-state index in [1.165, 1.54) is 0 Å². The van der Waals surface area contributed by atoms with Crippen molar-refractivity contribution < 1.29 is 14.1 Å². The lowest BCUT2D eigenvalue weighted by Gasteiger charge is -2.42. The molecule has 31 heavy (non-hydrogen) atoms. The van der Waals surface area contributed by atoms with Crippen LogP contribution in [0.25, 0.3) is 0 Å². The van der Waals surface area contributed by atoms with Crippen LogP contribution in [0.3, 0.4) is 0 Å². The molecule has 1 fully saturated rings. The van der Waals surface area contributed by atoms with Gasteiger partial charge in [0.2, 0.25) is 0 Å². The third-order valence-corrected chi connectivity index (χ3v) is 11.6. The van der Waals surface area contributed by atoms with Gasteiger partial charge < -0.3 is 14.1 Å². The molecule has 0 saturated carbocycles. The highest BCUT2D eigenvalue weighted by molar-refractivity contribution is 6.98. The van der Waals surface area contributed by atoms with E-state index >= 15 is 0 Å². The fraction of sp³-hybridized carbons (Fsp3) is 0.462. The van der Waals surface area contributed by atoms with Gasteiger partial charge in [-0.15, -0.1) is 0 Å². The SMILES string of the molecule is C[C@H](/C=C/B1OC(C)(C)C(C)(C)O1)CC(C)(C)[Si](O)(c1ccccc1)c1ccccc1. The Morgan fingerprint density at radius 3 is 1.74 bits per heavy atom. The molecule has 166 valence electrons. The van der Waals surface area contributed by atoms with Crippen LogP contribution in [-0.2, 0) is 9.31 Å². The molecule has 2 aromatic carbocycles. The Bertz CT molecular complexity index is 838. The van der Waals surface area contributed by atoms with Crippen LogP contribution < -0.4 is 10.4 Å². The Kier molecular flexibility index (Phi) is 6.74. The number of hydrogen-bond acceptors (Lipinski definition) is 3. The summed E-state index contributed by atoms with van der Waals surface area (Å²) in [5.41, 5.74) is -0.670. The molecule has 1 atom stereocenters.